The molecule has 7 heteroatoms. The van der Waals surface area contributed by atoms with Crippen molar-refractivity contribution in [2.24, 2.45) is 17.6 Å². The van der Waals surface area contributed by atoms with Crippen LogP contribution in [0.2, 0.25) is 0 Å². The van der Waals surface area contributed by atoms with Crippen LogP contribution in [-0.4, -0.2) is 47.6 Å². The summed E-state index contributed by atoms with van der Waals surface area (Å²) in [6.45, 7) is 1.29. The van der Waals surface area contributed by atoms with Crippen LogP contribution in [0, 0.1) is 11.8 Å². The number of nitrogens with two attached hydrogens (primary N) is 1. The smallest absolute Gasteiger partial charge is 0.341 e. The second-order valence-electron chi connectivity index (χ2n) is 5.07. The molecule has 0 aromatic rings. The lowest BCUT2D eigenvalue weighted by atomic mass is 9.98. The van der Waals surface area contributed by atoms with Crippen LogP contribution in [0.3, 0.4) is 0 Å². The molecule has 0 bridgehead atoms. The molecule has 3 nitrogen and oxygen atoms in total. The van der Waals surface area contributed by atoms with Crippen LogP contribution >= 0.6 is 11.8 Å². The van der Waals surface area contributed by atoms with Gasteiger partial charge in [0.15, 0.2) is 0 Å². The molecule has 1 saturated carbocycles. The van der Waals surface area contributed by atoms with Crippen molar-refractivity contribution in [3.8, 4) is 0 Å². The van der Waals surface area contributed by atoms with Crippen LogP contribution < -0.4 is 5.73 Å². The molecule has 1 saturated heterocycles. The van der Waals surface area contributed by atoms with Crippen LogP contribution in [-0.2, 0) is 4.79 Å². The molecule has 0 spiro atoms. The van der Waals surface area contributed by atoms with Gasteiger partial charge >= 0.3 is 6.18 Å². The first-order valence-corrected chi connectivity index (χ1v) is 7.20. The minimum atomic E-state index is -4.20. The van der Waals surface area contributed by atoms with Crippen molar-refractivity contribution in [2.45, 2.75) is 25.1 Å². The van der Waals surface area contributed by atoms with Crippen molar-refractivity contribution in [1.82, 2.24) is 4.90 Å². The Morgan fingerprint density at radius 3 is 2.67 bits per heavy atom. The van der Waals surface area contributed by atoms with E-state index >= 15 is 0 Å². The van der Waals surface area contributed by atoms with E-state index in [-0.39, 0.29) is 17.7 Å². The van der Waals surface area contributed by atoms with Crippen LogP contribution in [0.4, 0.5) is 13.2 Å². The minimum Gasteiger partial charge on any atom is -0.341 e. The fraction of sp³-hybridized carbons (Fsp3) is 0.909. The largest absolute Gasteiger partial charge is 0.397 e. The molecular weight excluding hydrogens is 265 g/mol. The molecule has 2 aliphatic rings. The number of fused-ring (bicyclic) bond motifs is 1. The molecule has 104 valence electrons. The maximum atomic E-state index is 12.0. The highest BCUT2D eigenvalue weighted by Gasteiger charge is 2.42. The quantitative estimate of drug-likeness (QED) is 0.853. The molecule has 3 unspecified atom stereocenters. The number of hydrogen-bond acceptors (Lipinski definition) is 3. The summed E-state index contributed by atoms with van der Waals surface area (Å²) in [6, 6.07) is 0.149. The zero-order chi connectivity index (χ0) is 13.3. The third kappa shape index (κ3) is 3.32. The summed E-state index contributed by atoms with van der Waals surface area (Å²) < 4.78 is 35.9. The summed E-state index contributed by atoms with van der Waals surface area (Å²) in [6.07, 6.45) is -2.17. The Labute approximate surface area is 108 Å². The summed E-state index contributed by atoms with van der Waals surface area (Å²) in [5.41, 5.74) is 5.95. The summed E-state index contributed by atoms with van der Waals surface area (Å²) in [5, 5.41) is 0. The monoisotopic (exact) mass is 282 g/mol. The predicted octanol–water partition coefficient (Wildman–Crippen LogP) is 1.48. The fourth-order valence-electron chi connectivity index (χ4n) is 2.86. The van der Waals surface area contributed by atoms with E-state index in [1.165, 1.54) is 0 Å². The number of nitrogens with zero attached hydrogens (tertiary/aromatic N) is 1. The van der Waals surface area contributed by atoms with E-state index in [2.05, 4.69) is 0 Å². The summed E-state index contributed by atoms with van der Waals surface area (Å²) in [5.74, 6) is -0.434. The highest BCUT2D eigenvalue weighted by molar-refractivity contribution is 8.00. The van der Waals surface area contributed by atoms with Crippen molar-refractivity contribution in [3.63, 3.8) is 0 Å². The summed E-state index contributed by atoms with van der Waals surface area (Å²) >= 11 is 0.637. The minimum absolute atomic E-state index is 0.0891. The highest BCUT2D eigenvalue weighted by atomic mass is 32.2. The van der Waals surface area contributed by atoms with Crippen molar-refractivity contribution < 1.29 is 18.0 Å². The second-order valence-corrected chi connectivity index (χ2v) is 6.06. The molecule has 1 aliphatic carbocycles. The van der Waals surface area contributed by atoms with Crippen molar-refractivity contribution in [2.75, 3.05) is 24.6 Å². The molecule has 0 aromatic carbocycles. The SMILES string of the molecule is NC1CCC2CN(C(=O)CSCC(F)(F)F)CC12. The molecule has 2 rings (SSSR count). The molecule has 2 fully saturated rings. The fourth-order valence-corrected chi connectivity index (χ4v) is 3.55. The van der Waals surface area contributed by atoms with Gasteiger partial charge in [0.1, 0.15) is 0 Å². The van der Waals surface area contributed by atoms with E-state index in [0.717, 1.165) is 12.8 Å². The number of hydrogen-bond donors (Lipinski definition) is 1. The summed E-state index contributed by atoms with van der Waals surface area (Å²) in [7, 11) is 0. The Kier molecular flexibility index (Phi) is 4.11. The molecule has 0 aromatic heterocycles. The first kappa shape index (κ1) is 14.0. The molecule has 1 amide bonds. The molecular formula is C11H17F3N2OS. The molecule has 18 heavy (non-hydrogen) atoms. The van der Waals surface area contributed by atoms with Crippen LogP contribution in [0.1, 0.15) is 12.8 Å². The maximum Gasteiger partial charge on any atom is 0.397 e. The van der Waals surface area contributed by atoms with E-state index in [0.29, 0.717) is 36.7 Å². The van der Waals surface area contributed by atoms with Gasteiger partial charge in [-0.25, -0.2) is 0 Å². The normalized spacial score (nSPS) is 31.8. The van der Waals surface area contributed by atoms with Gasteiger partial charge in [-0.3, -0.25) is 4.79 Å². The Morgan fingerprint density at radius 2 is 2.06 bits per heavy atom. The molecule has 2 N–H and O–H groups in total. The van der Waals surface area contributed by atoms with Crippen molar-refractivity contribution in [3.05, 3.63) is 0 Å². The van der Waals surface area contributed by atoms with Crippen molar-refractivity contribution >= 4 is 17.7 Å². The van der Waals surface area contributed by atoms with Gasteiger partial charge in [-0.15, -0.1) is 11.8 Å². The first-order chi connectivity index (χ1) is 8.37. The number of alkyl halides is 3. The van der Waals surface area contributed by atoms with Crippen molar-refractivity contribution in [1.29, 1.82) is 0 Å². The molecule has 1 heterocycles. The standard InChI is InChI=1S/C11H17F3N2OS/c12-11(13,14)6-18-5-10(17)16-3-7-1-2-9(15)8(7)4-16/h7-9H,1-6,15H2. The van der Waals surface area contributed by atoms with Crippen LogP contribution in [0.5, 0.6) is 0 Å². The number of thioether (sulfide) groups is 1. The predicted molar refractivity (Wildman–Crippen MR) is 64.1 cm³/mol. The lowest BCUT2D eigenvalue weighted by Crippen LogP contribution is -2.34. The van der Waals surface area contributed by atoms with Gasteiger partial charge in [-0.2, -0.15) is 13.2 Å². The second kappa shape index (κ2) is 5.28. The highest BCUT2D eigenvalue weighted by Crippen LogP contribution is 2.37. The average Bonchev–Trinajstić information content (AvgIpc) is 2.79. The van der Waals surface area contributed by atoms with Crippen LogP contribution in [0.25, 0.3) is 0 Å². The number of rotatable bonds is 3. The zero-order valence-corrected chi connectivity index (χ0v) is 10.8. The Balaban J connectivity index is 1.75. The lowest BCUT2D eigenvalue weighted by Gasteiger charge is -2.18. The summed E-state index contributed by atoms with van der Waals surface area (Å²) in [4.78, 5) is 13.4. The Hall–Kier alpha value is -0.430. The molecule has 3 atom stereocenters. The van der Waals surface area contributed by atoms with Gasteiger partial charge < -0.3 is 10.6 Å². The van der Waals surface area contributed by atoms with Gasteiger partial charge in [-0.05, 0) is 24.7 Å². The van der Waals surface area contributed by atoms with Gasteiger partial charge in [0.05, 0.1) is 11.5 Å². The van der Waals surface area contributed by atoms with Gasteiger partial charge in [0.25, 0.3) is 0 Å². The third-order valence-corrected chi connectivity index (χ3v) is 4.74. The van der Waals surface area contributed by atoms with E-state index in [4.69, 9.17) is 5.73 Å². The zero-order valence-electron chi connectivity index (χ0n) is 9.95. The van der Waals surface area contributed by atoms with Gasteiger partial charge in [-0.1, -0.05) is 0 Å². The lowest BCUT2D eigenvalue weighted by molar-refractivity contribution is -0.127. The number of carbonyl (C=O) groups excluding carboxylic acids is 1. The maximum absolute atomic E-state index is 12.0. The first-order valence-electron chi connectivity index (χ1n) is 6.04. The van der Waals surface area contributed by atoms with E-state index < -0.39 is 11.9 Å². The number of likely N-dealkylation sites (tertiary alicyclic amines) is 1. The molecule has 1 aliphatic heterocycles. The molecule has 0 radical (unpaired) electrons. The Bertz CT molecular complexity index is 324. The number of carbonyl (C=O) groups is 1. The van der Waals surface area contributed by atoms with E-state index in [9.17, 15) is 18.0 Å². The average molecular weight is 282 g/mol. The Morgan fingerprint density at radius 1 is 1.33 bits per heavy atom. The number of halogens is 3. The topological polar surface area (TPSA) is 46.3 Å². The number of amides is 1. The van der Waals surface area contributed by atoms with E-state index in [1.54, 1.807) is 4.90 Å². The van der Waals surface area contributed by atoms with Gasteiger partial charge in [0, 0.05) is 19.1 Å². The third-order valence-electron chi connectivity index (χ3n) is 3.76. The van der Waals surface area contributed by atoms with Gasteiger partial charge in [0.2, 0.25) is 5.91 Å². The van der Waals surface area contributed by atoms with E-state index in [1.807, 2.05) is 0 Å². The van der Waals surface area contributed by atoms with Crippen LogP contribution in [0.15, 0.2) is 0 Å².